The molecule has 2 aliphatic rings. The number of aliphatic hydroxyl groups excluding tert-OH is 1. The van der Waals surface area contributed by atoms with E-state index in [1.165, 1.54) is 19.4 Å². The third kappa shape index (κ3) is 3.31. The Hall–Kier alpha value is -1.72. The van der Waals surface area contributed by atoms with Crippen LogP contribution in [0.1, 0.15) is 19.3 Å². The summed E-state index contributed by atoms with van der Waals surface area (Å²) in [5.41, 5.74) is 1.89. The zero-order valence-electron chi connectivity index (χ0n) is 13.4. The molecule has 1 aromatic carbocycles. The fourth-order valence-electron chi connectivity index (χ4n) is 3.50. The molecule has 0 bridgehead atoms. The Morgan fingerprint density at radius 1 is 1.13 bits per heavy atom. The monoisotopic (exact) mass is 312 g/mol. The fourth-order valence-corrected chi connectivity index (χ4v) is 3.50. The minimum absolute atomic E-state index is 0.253. The molecule has 0 radical (unpaired) electrons. The first-order chi connectivity index (χ1) is 11.3. The van der Waals surface area contributed by atoms with E-state index in [0.717, 1.165) is 48.8 Å². The molecular formula is C18H24N4O. The van der Waals surface area contributed by atoms with Crippen molar-refractivity contribution in [2.75, 3.05) is 37.7 Å². The van der Waals surface area contributed by atoms with Crippen LogP contribution in [-0.2, 0) is 0 Å². The smallest absolute Gasteiger partial charge is 0.147 e. The summed E-state index contributed by atoms with van der Waals surface area (Å²) in [6, 6.07) is 8.42. The quantitative estimate of drug-likeness (QED) is 0.914. The van der Waals surface area contributed by atoms with Crippen LogP contribution in [0.2, 0.25) is 0 Å². The Bertz CT molecular complexity index is 673. The lowest BCUT2D eigenvalue weighted by atomic mass is 10.1. The molecule has 5 nitrogen and oxygen atoms in total. The first-order valence-corrected chi connectivity index (χ1v) is 8.65. The first-order valence-electron chi connectivity index (χ1n) is 8.65. The summed E-state index contributed by atoms with van der Waals surface area (Å²) in [4.78, 5) is 14.2. The average molecular weight is 312 g/mol. The van der Waals surface area contributed by atoms with Crippen molar-refractivity contribution in [1.29, 1.82) is 0 Å². The van der Waals surface area contributed by atoms with Gasteiger partial charge < -0.3 is 10.0 Å². The molecule has 23 heavy (non-hydrogen) atoms. The van der Waals surface area contributed by atoms with Gasteiger partial charge in [0.2, 0.25) is 0 Å². The van der Waals surface area contributed by atoms with Crippen molar-refractivity contribution in [2.45, 2.75) is 25.3 Å². The molecule has 1 saturated carbocycles. The normalized spacial score (nSPS) is 22.7. The molecule has 5 heteroatoms. The zero-order chi connectivity index (χ0) is 15.6. The number of aliphatic hydroxyl groups is 1. The summed E-state index contributed by atoms with van der Waals surface area (Å²) in [5, 5.41) is 9.41. The molecule has 1 N–H and O–H groups in total. The number of anilines is 1. The van der Waals surface area contributed by atoms with Gasteiger partial charge >= 0.3 is 0 Å². The Morgan fingerprint density at radius 3 is 2.74 bits per heavy atom. The zero-order valence-corrected chi connectivity index (χ0v) is 13.4. The second-order valence-corrected chi connectivity index (χ2v) is 6.77. The largest absolute Gasteiger partial charge is 0.396 e. The number of para-hydroxylation sites is 2. The number of fused-ring (bicyclic) bond motifs is 1. The van der Waals surface area contributed by atoms with Crippen LogP contribution in [0.5, 0.6) is 0 Å². The number of piperazine rings is 1. The molecular weight excluding hydrogens is 288 g/mol. The van der Waals surface area contributed by atoms with E-state index in [9.17, 15) is 5.11 Å². The van der Waals surface area contributed by atoms with Gasteiger partial charge in [-0.15, -0.1) is 0 Å². The van der Waals surface area contributed by atoms with E-state index in [1.807, 2.05) is 30.5 Å². The Kier molecular flexibility index (Phi) is 4.14. The van der Waals surface area contributed by atoms with Crippen LogP contribution in [0.25, 0.3) is 11.0 Å². The van der Waals surface area contributed by atoms with Gasteiger partial charge in [0.15, 0.2) is 0 Å². The van der Waals surface area contributed by atoms with Crippen LogP contribution in [0.4, 0.5) is 5.82 Å². The third-order valence-electron chi connectivity index (χ3n) is 5.02. The third-order valence-corrected chi connectivity index (χ3v) is 5.02. The van der Waals surface area contributed by atoms with E-state index in [1.54, 1.807) is 0 Å². The van der Waals surface area contributed by atoms with Crippen molar-refractivity contribution >= 4 is 16.9 Å². The van der Waals surface area contributed by atoms with Gasteiger partial charge in [0.1, 0.15) is 5.82 Å². The van der Waals surface area contributed by atoms with E-state index in [4.69, 9.17) is 4.98 Å². The summed E-state index contributed by atoms with van der Waals surface area (Å²) in [5.74, 6) is 1.85. The highest BCUT2D eigenvalue weighted by Crippen LogP contribution is 2.31. The molecule has 0 spiro atoms. The van der Waals surface area contributed by atoms with Gasteiger partial charge in [-0.05, 0) is 37.3 Å². The Balaban J connectivity index is 1.51. The first kappa shape index (κ1) is 14.8. The number of rotatable bonds is 5. The molecule has 2 aromatic rings. The molecule has 1 unspecified atom stereocenters. The summed E-state index contributed by atoms with van der Waals surface area (Å²) >= 11 is 0. The number of benzene rings is 1. The number of hydrogen-bond acceptors (Lipinski definition) is 5. The van der Waals surface area contributed by atoms with Crippen LogP contribution in [0, 0.1) is 5.92 Å². The van der Waals surface area contributed by atoms with Gasteiger partial charge in [0.25, 0.3) is 0 Å². The van der Waals surface area contributed by atoms with Crippen molar-refractivity contribution in [1.82, 2.24) is 14.9 Å². The molecule has 1 aliphatic carbocycles. The van der Waals surface area contributed by atoms with Crippen molar-refractivity contribution in [3.63, 3.8) is 0 Å². The molecule has 1 aromatic heterocycles. The van der Waals surface area contributed by atoms with Crippen LogP contribution >= 0.6 is 0 Å². The van der Waals surface area contributed by atoms with Crippen LogP contribution < -0.4 is 4.90 Å². The molecule has 2 fully saturated rings. The Morgan fingerprint density at radius 2 is 1.96 bits per heavy atom. The summed E-state index contributed by atoms with van der Waals surface area (Å²) in [6.07, 6.45) is 5.48. The van der Waals surface area contributed by atoms with Crippen molar-refractivity contribution in [3.8, 4) is 0 Å². The maximum atomic E-state index is 9.41. The summed E-state index contributed by atoms with van der Waals surface area (Å²) < 4.78 is 0. The maximum Gasteiger partial charge on any atom is 0.147 e. The molecule has 2 heterocycles. The van der Waals surface area contributed by atoms with E-state index in [2.05, 4.69) is 14.8 Å². The number of hydrogen-bond donors (Lipinski definition) is 1. The molecule has 122 valence electrons. The Labute approximate surface area is 137 Å². The number of nitrogens with zero attached hydrogens (tertiary/aromatic N) is 4. The van der Waals surface area contributed by atoms with Crippen molar-refractivity contribution in [3.05, 3.63) is 30.5 Å². The minimum atomic E-state index is 0.253. The number of aromatic nitrogens is 2. The molecule has 1 atom stereocenters. The minimum Gasteiger partial charge on any atom is -0.396 e. The predicted octanol–water partition coefficient (Wildman–Crippen LogP) is 1.91. The van der Waals surface area contributed by atoms with Gasteiger partial charge in [-0.1, -0.05) is 12.1 Å². The second kappa shape index (κ2) is 6.42. The fraction of sp³-hybridized carbons (Fsp3) is 0.556. The molecule has 0 amide bonds. The lowest BCUT2D eigenvalue weighted by Gasteiger charge is -2.42. The predicted molar refractivity (Wildman–Crippen MR) is 91.5 cm³/mol. The highest BCUT2D eigenvalue weighted by molar-refractivity contribution is 5.75. The van der Waals surface area contributed by atoms with Crippen LogP contribution in [0.15, 0.2) is 30.5 Å². The lowest BCUT2D eigenvalue weighted by molar-refractivity contribution is 0.137. The average Bonchev–Trinajstić information content (AvgIpc) is 3.40. The van der Waals surface area contributed by atoms with Crippen molar-refractivity contribution in [2.24, 2.45) is 5.92 Å². The van der Waals surface area contributed by atoms with Crippen molar-refractivity contribution < 1.29 is 5.11 Å². The van der Waals surface area contributed by atoms with E-state index in [0.29, 0.717) is 6.04 Å². The standard InChI is InChI=1S/C18H24N4O/c23-10-7-15-13-22(9-8-21(15)12-14-5-6-14)18-11-19-16-3-1-2-4-17(16)20-18/h1-4,11,14-15,23H,5-10,12-13H2. The lowest BCUT2D eigenvalue weighted by Crippen LogP contribution is -2.54. The highest BCUT2D eigenvalue weighted by Gasteiger charge is 2.32. The van der Waals surface area contributed by atoms with E-state index >= 15 is 0 Å². The second-order valence-electron chi connectivity index (χ2n) is 6.77. The highest BCUT2D eigenvalue weighted by atomic mass is 16.3. The van der Waals surface area contributed by atoms with Gasteiger partial charge in [0, 0.05) is 38.8 Å². The van der Waals surface area contributed by atoms with Gasteiger partial charge in [-0.3, -0.25) is 9.88 Å². The topological polar surface area (TPSA) is 52.5 Å². The van der Waals surface area contributed by atoms with Gasteiger partial charge in [-0.2, -0.15) is 0 Å². The van der Waals surface area contributed by atoms with Crippen LogP contribution in [0.3, 0.4) is 0 Å². The molecule has 1 saturated heterocycles. The maximum absolute atomic E-state index is 9.41. The van der Waals surface area contributed by atoms with E-state index in [-0.39, 0.29) is 6.61 Å². The van der Waals surface area contributed by atoms with Crippen LogP contribution in [-0.4, -0.2) is 58.8 Å². The summed E-state index contributed by atoms with van der Waals surface area (Å²) in [7, 11) is 0. The van der Waals surface area contributed by atoms with Gasteiger partial charge in [0.05, 0.1) is 17.2 Å². The van der Waals surface area contributed by atoms with E-state index < -0.39 is 0 Å². The summed E-state index contributed by atoms with van der Waals surface area (Å²) in [6.45, 7) is 4.42. The molecule has 1 aliphatic heterocycles. The SMILES string of the molecule is OCCC1CN(c2cnc3ccccc3n2)CCN1CC1CC1. The van der Waals surface area contributed by atoms with Gasteiger partial charge in [-0.25, -0.2) is 4.98 Å². The molecule has 4 rings (SSSR count).